The zero-order chi connectivity index (χ0) is 15.2. The molecule has 21 heavy (non-hydrogen) atoms. The van der Waals surface area contributed by atoms with Crippen molar-refractivity contribution in [2.75, 3.05) is 24.6 Å². The number of nitrogens with one attached hydrogen (secondary N) is 1. The molecule has 1 aliphatic carbocycles. The molecule has 0 spiro atoms. The molecule has 2 rings (SSSR count). The maximum Gasteiger partial charge on any atom is 0.0606 e. The molecule has 4 heteroatoms. The molecule has 1 aromatic carbocycles. The highest BCUT2D eigenvalue weighted by Gasteiger charge is 2.25. The van der Waals surface area contributed by atoms with Crippen LogP contribution in [0, 0.1) is 0 Å². The first kappa shape index (κ1) is 16.8. The van der Waals surface area contributed by atoms with Crippen molar-refractivity contribution in [3.05, 3.63) is 28.2 Å². The number of hydrogen-bond acceptors (Lipinski definition) is 3. The maximum atomic E-state index is 9.49. The molecule has 1 atom stereocenters. The molecule has 2 N–H and O–H groups in total. The van der Waals surface area contributed by atoms with Crippen LogP contribution < -0.4 is 10.2 Å². The van der Waals surface area contributed by atoms with Crippen LogP contribution in [-0.2, 0) is 0 Å². The van der Waals surface area contributed by atoms with E-state index in [0.29, 0.717) is 18.6 Å². The summed E-state index contributed by atoms with van der Waals surface area (Å²) in [6.45, 7) is 6.23. The zero-order valence-electron chi connectivity index (χ0n) is 13.1. The molecule has 0 radical (unpaired) electrons. The van der Waals surface area contributed by atoms with Crippen LogP contribution in [0.5, 0.6) is 0 Å². The molecule has 0 saturated heterocycles. The lowest BCUT2D eigenvalue weighted by molar-refractivity contribution is 0.297. The summed E-state index contributed by atoms with van der Waals surface area (Å²) in [5.74, 6) is 0. The van der Waals surface area contributed by atoms with Crippen molar-refractivity contribution in [2.45, 2.75) is 51.6 Å². The number of anilines is 1. The highest BCUT2D eigenvalue weighted by Crippen LogP contribution is 2.34. The smallest absolute Gasteiger partial charge is 0.0606 e. The molecule has 118 valence electrons. The number of aliphatic hydroxyl groups excluding tert-OH is 1. The fourth-order valence-corrected chi connectivity index (χ4v) is 3.72. The monoisotopic (exact) mass is 354 g/mol. The standard InChI is InChI=1S/C17H27BrN2O/c1-3-19-13(2)16-9-8-14(18)12-17(16)20(10-11-21)15-6-4-5-7-15/h8-9,12-13,15,19,21H,3-7,10-11H2,1-2H3. The molecule has 0 heterocycles. The van der Waals surface area contributed by atoms with E-state index in [1.807, 2.05) is 0 Å². The summed E-state index contributed by atoms with van der Waals surface area (Å²) in [4.78, 5) is 2.42. The number of hydrogen-bond donors (Lipinski definition) is 2. The van der Waals surface area contributed by atoms with E-state index < -0.39 is 0 Å². The quantitative estimate of drug-likeness (QED) is 0.780. The third-order valence-corrected chi connectivity index (χ3v) is 4.88. The topological polar surface area (TPSA) is 35.5 Å². The molecule has 1 aliphatic rings. The molecule has 1 unspecified atom stereocenters. The first-order valence-electron chi connectivity index (χ1n) is 8.07. The van der Waals surface area contributed by atoms with E-state index in [2.05, 4.69) is 58.2 Å². The SMILES string of the molecule is CCNC(C)c1ccc(Br)cc1N(CCO)C1CCCC1. The highest BCUT2D eigenvalue weighted by atomic mass is 79.9. The average Bonchev–Trinajstić information content (AvgIpc) is 2.98. The Hall–Kier alpha value is -0.580. The summed E-state index contributed by atoms with van der Waals surface area (Å²) in [5.41, 5.74) is 2.58. The Kier molecular flexibility index (Phi) is 6.52. The van der Waals surface area contributed by atoms with Gasteiger partial charge < -0.3 is 15.3 Å². The Morgan fingerprint density at radius 2 is 2.10 bits per heavy atom. The van der Waals surface area contributed by atoms with Gasteiger partial charge in [-0.15, -0.1) is 0 Å². The fourth-order valence-electron chi connectivity index (χ4n) is 3.37. The number of halogens is 1. The van der Waals surface area contributed by atoms with E-state index in [0.717, 1.165) is 11.0 Å². The molecular weight excluding hydrogens is 328 g/mol. The van der Waals surface area contributed by atoms with Gasteiger partial charge in [-0.2, -0.15) is 0 Å². The van der Waals surface area contributed by atoms with Gasteiger partial charge >= 0.3 is 0 Å². The van der Waals surface area contributed by atoms with Gasteiger partial charge in [-0.25, -0.2) is 0 Å². The van der Waals surface area contributed by atoms with E-state index in [4.69, 9.17) is 0 Å². The van der Waals surface area contributed by atoms with Gasteiger partial charge in [0, 0.05) is 28.8 Å². The Bertz CT molecular complexity index is 446. The second-order valence-corrected chi connectivity index (χ2v) is 6.75. The lowest BCUT2D eigenvalue weighted by Crippen LogP contribution is -2.37. The van der Waals surface area contributed by atoms with Crippen LogP contribution >= 0.6 is 15.9 Å². The van der Waals surface area contributed by atoms with Crippen molar-refractivity contribution in [3.63, 3.8) is 0 Å². The number of aliphatic hydroxyl groups is 1. The molecule has 0 aromatic heterocycles. The number of benzene rings is 1. The molecular formula is C17H27BrN2O. The average molecular weight is 355 g/mol. The van der Waals surface area contributed by atoms with Crippen molar-refractivity contribution in [2.24, 2.45) is 0 Å². The summed E-state index contributed by atoms with van der Waals surface area (Å²) < 4.78 is 1.10. The minimum atomic E-state index is 0.206. The highest BCUT2D eigenvalue weighted by molar-refractivity contribution is 9.10. The van der Waals surface area contributed by atoms with E-state index in [9.17, 15) is 5.11 Å². The molecule has 0 amide bonds. The summed E-state index contributed by atoms with van der Waals surface area (Å²) >= 11 is 3.60. The number of rotatable bonds is 7. The van der Waals surface area contributed by atoms with Crippen molar-refractivity contribution in [1.82, 2.24) is 5.32 Å². The largest absolute Gasteiger partial charge is 0.395 e. The number of nitrogens with zero attached hydrogens (tertiary/aromatic N) is 1. The van der Waals surface area contributed by atoms with Crippen LogP contribution in [0.2, 0.25) is 0 Å². The van der Waals surface area contributed by atoms with Crippen LogP contribution in [0.3, 0.4) is 0 Å². The van der Waals surface area contributed by atoms with Gasteiger partial charge in [-0.05, 0) is 44.0 Å². The van der Waals surface area contributed by atoms with E-state index in [1.165, 1.54) is 36.9 Å². The zero-order valence-corrected chi connectivity index (χ0v) is 14.7. The van der Waals surface area contributed by atoms with E-state index in [-0.39, 0.29) is 6.61 Å². The summed E-state index contributed by atoms with van der Waals surface area (Å²) in [6.07, 6.45) is 5.08. The third kappa shape index (κ3) is 4.21. The Morgan fingerprint density at radius 3 is 2.71 bits per heavy atom. The molecule has 1 aromatic rings. The Labute approximate surface area is 136 Å². The summed E-state index contributed by atoms with van der Waals surface area (Å²) in [6, 6.07) is 7.40. The summed E-state index contributed by atoms with van der Waals surface area (Å²) in [5, 5.41) is 13.0. The first-order chi connectivity index (χ1) is 10.2. The predicted octanol–water partition coefficient (Wildman–Crippen LogP) is 3.86. The normalized spacial score (nSPS) is 17.1. The van der Waals surface area contributed by atoms with Crippen molar-refractivity contribution < 1.29 is 5.11 Å². The van der Waals surface area contributed by atoms with Crippen LogP contribution in [0.15, 0.2) is 22.7 Å². The lowest BCUT2D eigenvalue weighted by Gasteiger charge is -2.34. The van der Waals surface area contributed by atoms with Crippen molar-refractivity contribution in [1.29, 1.82) is 0 Å². The second kappa shape index (κ2) is 8.16. The molecule has 1 saturated carbocycles. The second-order valence-electron chi connectivity index (χ2n) is 5.84. The van der Waals surface area contributed by atoms with E-state index in [1.54, 1.807) is 0 Å². The molecule has 3 nitrogen and oxygen atoms in total. The summed E-state index contributed by atoms with van der Waals surface area (Å²) in [7, 11) is 0. The Morgan fingerprint density at radius 1 is 1.38 bits per heavy atom. The van der Waals surface area contributed by atoms with Crippen LogP contribution in [-0.4, -0.2) is 30.8 Å². The van der Waals surface area contributed by atoms with Gasteiger partial charge in [0.2, 0.25) is 0 Å². The van der Waals surface area contributed by atoms with Gasteiger partial charge in [0.1, 0.15) is 0 Å². The van der Waals surface area contributed by atoms with Crippen LogP contribution in [0.1, 0.15) is 51.1 Å². The lowest BCUT2D eigenvalue weighted by atomic mass is 10.0. The predicted molar refractivity (Wildman–Crippen MR) is 92.9 cm³/mol. The van der Waals surface area contributed by atoms with Gasteiger partial charge in [0.25, 0.3) is 0 Å². The van der Waals surface area contributed by atoms with Crippen LogP contribution in [0.4, 0.5) is 5.69 Å². The van der Waals surface area contributed by atoms with Gasteiger partial charge in [0.05, 0.1) is 6.61 Å². The van der Waals surface area contributed by atoms with Gasteiger partial charge in [-0.1, -0.05) is 41.8 Å². The minimum absolute atomic E-state index is 0.206. The van der Waals surface area contributed by atoms with Gasteiger partial charge in [0.15, 0.2) is 0 Å². The first-order valence-corrected chi connectivity index (χ1v) is 8.87. The molecule has 0 aliphatic heterocycles. The molecule has 0 bridgehead atoms. The Balaban J connectivity index is 2.34. The van der Waals surface area contributed by atoms with Crippen molar-refractivity contribution in [3.8, 4) is 0 Å². The third-order valence-electron chi connectivity index (χ3n) is 4.39. The maximum absolute atomic E-state index is 9.49. The van der Waals surface area contributed by atoms with E-state index >= 15 is 0 Å². The van der Waals surface area contributed by atoms with Crippen LogP contribution in [0.25, 0.3) is 0 Å². The molecule has 1 fully saturated rings. The van der Waals surface area contributed by atoms with Crippen molar-refractivity contribution >= 4 is 21.6 Å². The van der Waals surface area contributed by atoms with Gasteiger partial charge in [-0.3, -0.25) is 0 Å². The fraction of sp³-hybridized carbons (Fsp3) is 0.647. The minimum Gasteiger partial charge on any atom is -0.395 e.